The summed E-state index contributed by atoms with van der Waals surface area (Å²) in [6.45, 7) is 7.16. The predicted molar refractivity (Wildman–Crippen MR) is 86.2 cm³/mol. The number of hydrogen-bond acceptors (Lipinski definition) is 4. The van der Waals surface area contributed by atoms with E-state index in [0.29, 0.717) is 12.0 Å². The maximum absolute atomic E-state index is 12.6. The van der Waals surface area contributed by atoms with Gasteiger partial charge in [0.25, 0.3) is 5.91 Å². The topological polar surface area (TPSA) is 56.2 Å². The highest BCUT2D eigenvalue weighted by molar-refractivity contribution is 7.20. The largest absolute Gasteiger partial charge is 0.377 e. The highest BCUT2D eigenvalue weighted by Gasteiger charge is 2.59. The maximum Gasteiger partial charge on any atom is 0.261 e. The summed E-state index contributed by atoms with van der Waals surface area (Å²) in [5.41, 5.74) is 0.992. The molecule has 2 aliphatic rings. The molecule has 5 nitrogen and oxygen atoms in total. The molecule has 0 unspecified atom stereocenters. The SMILES string of the molecule is Cc1nn(C)c2sc(C(=O)N[C@@H]3[C@@H]4CCO[C@@H]4C3(C)C)cc12. The Hall–Kier alpha value is -1.40. The number of nitrogens with one attached hydrogen (secondary N) is 1. The van der Waals surface area contributed by atoms with Gasteiger partial charge < -0.3 is 10.1 Å². The molecule has 3 atom stereocenters. The van der Waals surface area contributed by atoms with E-state index in [1.165, 1.54) is 11.3 Å². The van der Waals surface area contributed by atoms with Gasteiger partial charge in [-0.2, -0.15) is 5.10 Å². The van der Waals surface area contributed by atoms with E-state index in [1.807, 2.05) is 24.7 Å². The number of ether oxygens (including phenoxy) is 1. The van der Waals surface area contributed by atoms with Crippen molar-refractivity contribution in [3.05, 3.63) is 16.6 Å². The molecule has 1 saturated carbocycles. The Bertz CT molecular complexity index is 726. The summed E-state index contributed by atoms with van der Waals surface area (Å²) in [5.74, 6) is 0.501. The molecule has 2 aromatic heterocycles. The standard InChI is InChI=1S/C16H21N3O2S/c1-8-10-7-11(22-15(10)19(4)18-8)14(20)17-12-9-5-6-21-13(9)16(12,2)3/h7,9,12-13H,5-6H2,1-4H3,(H,17,20)/t9-,12+,13-/m0/s1. The third-order valence-corrected chi connectivity index (χ3v) is 6.51. The molecular formula is C16H21N3O2S. The Morgan fingerprint density at radius 3 is 3.05 bits per heavy atom. The van der Waals surface area contributed by atoms with E-state index in [0.717, 1.165) is 33.8 Å². The molecule has 1 N–H and O–H groups in total. The number of nitrogens with zero attached hydrogens (tertiary/aromatic N) is 2. The Morgan fingerprint density at radius 1 is 1.55 bits per heavy atom. The molecule has 6 heteroatoms. The molecule has 1 aliphatic heterocycles. The molecule has 118 valence electrons. The van der Waals surface area contributed by atoms with Crippen LogP contribution in [0, 0.1) is 18.3 Å². The molecule has 1 aliphatic carbocycles. The van der Waals surface area contributed by atoms with Crippen molar-refractivity contribution >= 4 is 27.5 Å². The van der Waals surface area contributed by atoms with Gasteiger partial charge in [-0.05, 0) is 19.4 Å². The third-order valence-electron chi connectivity index (χ3n) is 5.31. The van der Waals surface area contributed by atoms with E-state index in [1.54, 1.807) is 0 Å². The van der Waals surface area contributed by atoms with Crippen LogP contribution in [0.25, 0.3) is 10.2 Å². The summed E-state index contributed by atoms with van der Waals surface area (Å²) < 4.78 is 7.64. The average molecular weight is 319 g/mol. The van der Waals surface area contributed by atoms with Gasteiger partial charge >= 0.3 is 0 Å². The normalized spacial score (nSPS) is 29.4. The van der Waals surface area contributed by atoms with E-state index >= 15 is 0 Å². The van der Waals surface area contributed by atoms with Gasteiger partial charge in [0.05, 0.1) is 16.7 Å². The van der Waals surface area contributed by atoms with E-state index in [4.69, 9.17) is 4.74 Å². The third kappa shape index (κ3) is 1.80. The molecule has 2 fully saturated rings. The van der Waals surface area contributed by atoms with Crippen molar-refractivity contribution in [2.45, 2.75) is 39.3 Å². The van der Waals surface area contributed by atoms with Crippen LogP contribution in [0.5, 0.6) is 0 Å². The number of amides is 1. The van der Waals surface area contributed by atoms with Crippen molar-refractivity contribution in [2.75, 3.05) is 6.61 Å². The van der Waals surface area contributed by atoms with Crippen LogP contribution in [0.2, 0.25) is 0 Å². The minimum absolute atomic E-state index is 0.0188. The first-order valence-corrected chi connectivity index (χ1v) is 8.57. The first-order valence-electron chi connectivity index (χ1n) is 7.75. The van der Waals surface area contributed by atoms with Crippen LogP contribution < -0.4 is 5.32 Å². The van der Waals surface area contributed by atoms with Crippen molar-refractivity contribution in [3.8, 4) is 0 Å². The quantitative estimate of drug-likeness (QED) is 0.925. The molecule has 22 heavy (non-hydrogen) atoms. The first kappa shape index (κ1) is 14.2. The molecule has 2 aromatic rings. The zero-order chi connectivity index (χ0) is 15.6. The van der Waals surface area contributed by atoms with Gasteiger partial charge in [0.15, 0.2) is 0 Å². The van der Waals surface area contributed by atoms with Crippen LogP contribution in [-0.2, 0) is 11.8 Å². The monoisotopic (exact) mass is 319 g/mol. The number of rotatable bonds is 2. The Balaban J connectivity index is 1.57. The number of fused-ring (bicyclic) bond motifs is 2. The van der Waals surface area contributed by atoms with Crippen molar-refractivity contribution in [3.63, 3.8) is 0 Å². The molecule has 0 radical (unpaired) electrons. The number of aromatic nitrogens is 2. The smallest absolute Gasteiger partial charge is 0.261 e. The fraction of sp³-hybridized carbons (Fsp3) is 0.625. The molecular weight excluding hydrogens is 298 g/mol. The Morgan fingerprint density at radius 2 is 2.32 bits per heavy atom. The summed E-state index contributed by atoms with van der Waals surface area (Å²) in [5, 5.41) is 8.71. The molecule has 4 rings (SSSR count). The summed E-state index contributed by atoms with van der Waals surface area (Å²) in [6, 6.07) is 2.17. The van der Waals surface area contributed by atoms with Crippen LogP contribution in [0.3, 0.4) is 0 Å². The number of hydrogen-bond donors (Lipinski definition) is 1. The fourth-order valence-electron chi connectivity index (χ4n) is 4.15. The molecule has 0 bridgehead atoms. The highest BCUT2D eigenvalue weighted by atomic mass is 32.1. The summed E-state index contributed by atoms with van der Waals surface area (Å²) in [4.78, 5) is 14.5. The second kappa shape index (κ2) is 4.55. The molecule has 1 amide bonds. The van der Waals surface area contributed by atoms with E-state index < -0.39 is 0 Å². The highest BCUT2D eigenvalue weighted by Crippen LogP contribution is 2.52. The number of carbonyl (C=O) groups excluding carboxylic acids is 1. The lowest BCUT2D eigenvalue weighted by molar-refractivity contribution is -0.108. The van der Waals surface area contributed by atoms with Crippen molar-refractivity contribution in [1.29, 1.82) is 0 Å². The summed E-state index contributed by atoms with van der Waals surface area (Å²) in [7, 11) is 1.92. The molecule has 3 heterocycles. The van der Waals surface area contributed by atoms with Gasteiger partial charge in [-0.25, -0.2) is 0 Å². The van der Waals surface area contributed by atoms with Crippen LogP contribution in [0.15, 0.2) is 6.07 Å². The van der Waals surface area contributed by atoms with Crippen molar-refractivity contribution in [1.82, 2.24) is 15.1 Å². The van der Waals surface area contributed by atoms with Gasteiger partial charge in [-0.3, -0.25) is 9.48 Å². The lowest BCUT2D eigenvalue weighted by Gasteiger charge is -2.54. The predicted octanol–water partition coefficient (Wildman–Crippen LogP) is 2.49. The Kier molecular flexibility index (Phi) is 2.94. The molecule has 0 aromatic carbocycles. The summed E-state index contributed by atoms with van der Waals surface area (Å²) >= 11 is 1.51. The average Bonchev–Trinajstić information content (AvgIpc) is 3.14. The Labute approximate surface area is 133 Å². The lowest BCUT2D eigenvalue weighted by atomic mass is 9.57. The van der Waals surface area contributed by atoms with E-state index in [9.17, 15) is 4.79 Å². The first-order chi connectivity index (χ1) is 10.4. The van der Waals surface area contributed by atoms with Crippen LogP contribution in [0.1, 0.15) is 35.6 Å². The second-order valence-electron chi connectivity index (χ2n) is 7.05. The van der Waals surface area contributed by atoms with Gasteiger partial charge in [-0.15, -0.1) is 11.3 Å². The zero-order valence-corrected chi connectivity index (χ0v) is 14.2. The lowest BCUT2D eigenvalue weighted by Crippen LogP contribution is -2.66. The maximum atomic E-state index is 12.6. The van der Waals surface area contributed by atoms with Crippen molar-refractivity contribution < 1.29 is 9.53 Å². The van der Waals surface area contributed by atoms with Gasteiger partial charge in [0.2, 0.25) is 0 Å². The molecule has 0 spiro atoms. The summed E-state index contributed by atoms with van der Waals surface area (Å²) in [6.07, 6.45) is 1.35. The van der Waals surface area contributed by atoms with Gasteiger partial charge in [0.1, 0.15) is 4.83 Å². The second-order valence-corrected chi connectivity index (χ2v) is 8.09. The van der Waals surface area contributed by atoms with Crippen LogP contribution in [-0.4, -0.2) is 34.4 Å². The van der Waals surface area contributed by atoms with Crippen LogP contribution >= 0.6 is 11.3 Å². The van der Waals surface area contributed by atoms with Crippen LogP contribution in [0.4, 0.5) is 0 Å². The van der Waals surface area contributed by atoms with Gasteiger partial charge in [-0.1, -0.05) is 13.8 Å². The van der Waals surface area contributed by atoms with E-state index in [2.05, 4.69) is 24.3 Å². The minimum Gasteiger partial charge on any atom is -0.377 e. The van der Waals surface area contributed by atoms with E-state index in [-0.39, 0.29) is 17.4 Å². The number of carbonyl (C=O) groups is 1. The molecule has 1 saturated heterocycles. The van der Waals surface area contributed by atoms with Crippen molar-refractivity contribution in [2.24, 2.45) is 18.4 Å². The minimum atomic E-state index is 0.0188. The zero-order valence-electron chi connectivity index (χ0n) is 13.3. The number of aryl methyl sites for hydroxylation is 2. The van der Waals surface area contributed by atoms with Gasteiger partial charge in [0, 0.05) is 36.4 Å². The number of thiophene rings is 1. The fourth-order valence-corrected chi connectivity index (χ4v) is 5.17.